The Morgan fingerprint density at radius 3 is 2.43 bits per heavy atom. The Morgan fingerprint density at radius 1 is 0.892 bits per heavy atom. The number of carbonyl (C=O) groups is 2. The third-order valence-electron chi connectivity index (χ3n) is 6.65. The molecule has 2 N–H and O–H groups in total. The number of amides is 1. The summed E-state index contributed by atoms with van der Waals surface area (Å²) < 4.78 is 3.23. The molecule has 1 atom stereocenters. The van der Waals surface area contributed by atoms with Gasteiger partial charge in [0.15, 0.2) is 0 Å². The van der Waals surface area contributed by atoms with Crippen molar-refractivity contribution >= 4 is 34.0 Å². The third-order valence-corrected chi connectivity index (χ3v) is 6.65. The van der Waals surface area contributed by atoms with E-state index in [-0.39, 0.29) is 31.2 Å². The Balaban J connectivity index is 1.54. The zero-order valence-corrected chi connectivity index (χ0v) is 20.2. The molecule has 5 aromatic rings. The van der Waals surface area contributed by atoms with Crippen molar-refractivity contribution in [1.82, 2.24) is 14.5 Å². The zero-order chi connectivity index (χ0) is 25.8. The van der Waals surface area contributed by atoms with Crippen molar-refractivity contribution in [3.8, 4) is 0 Å². The number of aldehydes is 1. The van der Waals surface area contributed by atoms with Crippen molar-refractivity contribution in [2.24, 2.45) is 0 Å². The second-order valence-corrected chi connectivity index (χ2v) is 8.94. The van der Waals surface area contributed by atoms with Crippen molar-refractivity contribution in [1.29, 1.82) is 0 Å². The first-order valence-electron chi connectivity index (χ1n) is 12.2. The van der Waals surface area contributed by atoms with Crippen LogP contribution in [0.3, 0.4) is 0 Å². The number of hydrogen-bond acceptors (Lipinski definition) is 4. The molecule has 0 aliphatic carbocycles. The molecule has 37 heavy (non-hydrogen) atoms. The summed E-state index contributed by atoms with van der Waals surface area (Å²) >= 11 is 0. The SMILES string of the molecule is O=CCCn1c(=O)n(Cc2cccc3ccccc23)c2ccc(C(=O)NC(CO)c3ccccc3)cc21. The molecule has 1 aromatic heterocycles. The molecule has 4 aromatic carbocycles. The fourth-order valence-corrected chi connectivity index (χ4v) is 4.77. The van der Waals surface area contributed by atoms with Gasteiger partial charge in [-0.15, -0.1) is 0 Å². The summed E-state index contributed by atoms with van der Waals surface area (Å²) in [5.41, 5.74) is 3.19. The molecular weight excluding hydrogens is 466 g/mol. The van der Waals surface area contributed by atoms with Gasteiger partial charge < -0.3 is 15.2 Å². The first-order valence-corrected chi connectivity index (χ1v) is 12.2. The quantitative estimate of drug-likeness (QED) is 0.303. The Hall–Kier alpha value is -4.49. The number of rotatable bonds is 9. The van der Waals surface area contributed by atoms with Gasteiger partial charge in [0.2, 0.25) is 0 Å². The minimum Gasteiger partial charge on any atom is -0.394 e. The van der Waals surface area contributed by atoms with E-state index < -0.39 is 6.04 Å². The first-order chi connectivity index (χ1) is 18.1. The van der Waals surface area contributed by atoms with E-state index in [9.17, 15) is 19.5 Å². The highest BCUT2D eigenvalue weighted by atomic mass is 16.3. The summed E-state index contributed by atoms with van der Waals surface area (Å²) in [4.78, 5) is 37.7. The second kappa shape index (κ2) is 10.6. The van der Waals surface area contributed by atoms with E-state index in [1.165, 1.54) is 0 Å². The van der Waals surface area contributed by atoms with Gasteiger partial charge in [0.05, 0.1) is 30.2 Å². The lowest BCUT2D eigenvalue weighted by Crippen LogP contribution is -2.30. The van der Waals surface area contributed by atoms with Gasteiger partial charge in [-0.1, -0.05) is 72.8 Å². The van der Waals surface area contributed by atoms with Crippen LogP contribution >= 0.6 is 0 Å². The number of nitrogens with zero attached hydrogens (tertiary/aromatic N) is 2. The molecule has 0 bridgehead atoms. The molecule has 0 saturated carbocycles. The highest BCUT2D eigenvalue weighted by molar-refractivity contribution is 5.97. The minimum atomic E-state index is -0.558. The van der Waals surface area contributed by atoms with Gasteiger partial charge in [0.25, 0.3) is 5.91 Å². The maximum absolute atomic E-state index is 13.5. The predicted octanol–water partition coefficient (Wildman–Crippen LogP) is 4.06. The van der Waals surface area contributed by atoms with Gasteiger partial charge in [0, 0.05) is 18.5 Å². The normalized spacial score (nSPS) is 12.0. The van der Waals surface area contributed by atoms with E-state index >= 15 is 0 Å². The molecule has 1 amide bonds. The van der Waals surface area contributed by atoms with Crippen LogP contribution in [0, 0.1) is 0 Å². The molecular formula is C30H27N3O4. The summed E-state index contributed by atoms with van der Waals surface area (Å²) in [6.07, 6.45) is 0.965. The lowest BCUT2D eigenvalue weighted by Gasteiger charge is -2.17. The summed E-state index contributed by atoms with van der Waals surface area (Å²) in [6, 6.07) is 27.9. The Bertz CT molecular complexity index is 1630. The maximum atomic E-state index is 13.5. The molecule has 0 aliphatic rings. The van der Waals surface area contributed by atoms with E-state index in [4.69, 9.17) is 0 Å². The van der Waals surface area contributed by atoms with Gasteiger partial charge in [-0.2, -0.15) is 0 Å². The lowest BCUT2D eigenvalue weighted by atomic mass is 10.0. The molecule has 1 heterocycles. The van der Waals surface area contributed by atoms with E-state index in [1.54, 1.807) is 27.3 Å². The fourth-order valence-electron chi connectivity index (χ4n) is 4.77. The Morgan fingerprint density at radius 2 is 1.65 bits per heavy atom. The van der Waals surface area contributed by atoms with Gasteiger partial charge in [0.1, 0.15) is 6.29 Å². The molecule has 186 valence electrons. The minimum absolute atomic E-state index is 0.185. The van der Waals surface area contributed by atoms with E-state index in [0.717, 1.165) is 28.2 Å². The van der Waals surface area contributed by atoms with Crippen molar-refractivity contribution in [3.63, 3.8) is 0 Å². The second-order valence-electron chi connectivity index (χ2n) is 8.94. The van der Waals surface area contributed by atoms with E-state index in [1.807, 2.05) is 72.8 Å². The monoisotopic (exact) mass is 493 g/mol. The van der Waals surface area contributed by atoms with E-state index in [2.05, 4.69) is 5.32 Å². The predicted molar refractivity (Wildman–Crippen MR) is 144 cm³/mol. The third kappa shape index (κ3) is 4.81. The molecule has 0 spiro atoms. The summed E-state index contributed by atoms with van der Waals surface area (Å²) in [7, 11) is 0. The molecule has 1 unspecified atom stereocenters. The van der Waals surface area contributed by atoms with E-state index in [0.29, 0.717) is 23.1 Å². The molecule has 0 fully saturated rings. The molecule has 7 heteroatoms. The molecule has 0 aliphatic heterocycles. The van der Waals surface area contributed by atoms with Crippen LogP contribution in [0.4, 0.5) is 0 Å². The van der Waals surface area contributed by atoms with Crippen LogP contribution in [-0.4, -0.2) is 33.0 Å². The Kier molecular flexibility index (Phi) is 6.96. The van der Waals surface area contributed by atoms with Gasteiger partial charge in [-0.25, -0.2) is 4.79 Å². The largest absolute Gasteiger partial charge is 0.394 e. The molecule has 5 rings (SSSR count). The summed E-state index contributed by atoms with van der Waals surface area (Å²) in [6.45, 7) is 0.329. The number of benzene rings is 4. The summed E-state index contributed by atoms with van der Waals surface area (Å²) in [5.74, 6) is -0.360. The van der Waals surface area contributed by atoms with Crippen LogP contribution in [0.5, 0.6) is 0 Å². The number of nitrogens with one attached hydrogen (secondary N) is 1. The van der Waals surface area contributed by atoms with Crippen LogP contribution < -0.4 is 11.0 Å². The number of hydrogen-bond donors (Lipinski definition) is 2. The molecule has 0 radical (unpaired) electrons. The zero-order valence-electron chi connectivity index (χ0n) is 20.2. The highest BCUT2D eigenvalue weighted by Gasteiger charge is 2.19. The number of fused-ring (bicyclic) bond motifs is 2. The van der Waals surface area contributed by atoms with Crippen molar-refractivity contribution < 1.29 is 14.7 Å². The van der Waals surface area contributed by atoms with Crippen LogP contribution in [0.1, 0.15) is 33.9 Å². The Labute approximate surface area is 213 Å². The van der Waals surface area contributed by atoms with Crippen LogP contribution in [0.2, 0.25) is 0 Å². The van der Waals surface area contributed by atoms with Crippen molar-refractivity contribution in [3.05, 3.63) is 118 Å². The van der Waals surface area contributed by atoms with Crippen molar-refractivity contribution in [2.75, 3.05) is 6.61 Å². The van der Waals surface area contributed by atoms with Crippen LogP contribution in [0.15, 0.2) is 95.8 Å². The highest BCUT2D eigenvalue weighted by Crippen LogP contribution is 2.23. The van der Waals surface area contributed by atoms with Gasteiger partial charge in [-0.3, -0.25) is 13.9 Å². The van der Waals surface area contributed by atoms with Crippen LogP contribution in [-0.2, 0) is 17.9 Å². The number of imidazole rings is 1. The van der Waals surface area contributed by atoms with Gasteiger partial charge >= 0.3 is 5.69 Å². The maximum Gasteiger partial charge on any atom is 0.329 e. The average molecular weight is 494 g/mol. The topological polar surface area (TPSA) is 93.3 Å². The summed E-state index contributed by atoms with van der Waals surface area (Å²) in [5, 5.41) is 14.9. The standard InChI is InChI=1S/C30H27N3O4/c34-17-7-16-32-28-18-23(29(36)31-26(20-35)22-9-2-1-3-10-22)14-15-27(28)33(30(32)37)19-24-12-6-11-21-8-4-5-13-25(21)24/h1-6,8-15,17-18,26,35H,7,16,19-20H2,(H,31,36). The number of carbonyl (C=O) groups excluding carboxylic acids is 2. The molecule has 0 saturated heterocycles. The number of aliphatic hydroxyl groups is 1. The van der Waals surface area contributed by atoms with Gasteiger partial charge in [-0.05, 0) is 40.1 Å². The first kappa shape index (κ1) is 24.2. The molecule has 7 nitrogen and oxygen atoms in total. The fraction of sp³-hybridized carbons (Fsp3) is 0.167. The lowest BCUT2D eigenvalue weighted by molar-refractivity contribution is -0.108. The number of aliphatic hydroxyl groups excluding tert-OH is 1. The average Bonchev–Trinajstić information content (AvgIpc) is 3.20. The number of aryl methyl sites for hydroxylation is 1. The van der Waals surface area contributed by atoms with Crippen molar-refractivity contribution in [2.45, 2.75) is 25.6 Å². The smallest absolute Gasteiger partial charge is 0.329 e. The van der Waals surface area contributed by atoms with Crippen LogP contribution in [0.25, 0.3) is 21.8 Å². The number of aromatic nitrogens is 2.